The summed E-state index contributed by atoms with van der Waals surface area (Å²) in [6, 6.07) is 14.1. The Bertz CT molecular complexity index is 1110. The van der Waals surface area contributed by atoms with Crippen LogP contribution in [0.2, 0.25) is 0 Å². The van der Waals surface area contributed by atoms with E-state index < -0.39 is 0 Å². The van der Waals surface area contributed by atoms with Crippen LogP contribution in [0.25, 0.3) is 11.2 Å². The van der Waals surface area contributed by atoms with Crippen molar-refractivity contribution < 1.29 is 4.79 Å². The van der Waals surface area contributed by atoms with Gasteiger partial charge in [-0.1, -0.05) is 18.2 Å². The molecule has 168 valence electrons. The number of aromatic amines is 1. The summed E-state index contributed by atoms with van der Waals surface area (Å²) < 4.78 is 1.76. The molecule has 2 fully saturated rings. The van der Waals surface area contributed by atoms with Gasteiger partial charge >= 0.3 is 5.69 Å². The Balaban J connectivity index is 1.09. The molecule has 32 heavy (non-hydrogen) atoms. The van der Waals surface area contributed by atoms with E-state index in [-0.39, 0.29) is 11.6 Å². The molecule has 1 amide bonds. The number of para-hydroxylation sites is 1. The molecule has 0 bridgehead atoms. The average Bonchev–Trinajstić information content (AvgIpc) is 3.16. The maximum atomic E-state index is 12.8. The van der Waals surface area contributed by atoms with E-state index in [1.807, 2.05) is 23.1 Å². The second-order valence-electron chi connectivity index (χ2n) is 8.84. The van der Waals surface area contributed by atoms with E-state index in [9.17, 15) is 9.59 Å². The number of piperidine rings is 1. The number of fused-ring (bicyclic) bond motifs is 1. The molecular formula is C24H30N6O2. The van der Waals surface area contributed by atoms with Crippen LogP contribution in [-0.4, -0.2) is 76.1 Å². The number of nitrogens with one attached hydrogen (secondary N) is 1. The van der Waals surface area contributed by atoms with E-state index in [1.165, 1.54) is 5.69 Å². The number of rotatable bonds is 5. The predicted molar refractivity (Wildman–Crippen MR) is 125 cm³/mol. The summed E-state index contributed by atoms with van der Waals surface area (Å²) in [5, 5.41) is 0. The normalized spacial score (nSPS) is 18.4. The molecule has 0 spiro atoms. The molecule has 8 nitrogen and oxygen atoms in total. The number of anilines is 1. The van der Waals surface area contributed by atoms with Crippen molar-refractivity contribution in [2.45, 2.75) is 19.4 Å². The van der Waals surface area contributed by atoms with Crippen LogP contribution in [0, 0.1) is 5.92 Å². The van der Waals surface area contributed by atoms with Crippen molar-refractivity contribution in [3.05, 3.63) is 59.1 Å². The summed E-state index contributed by atoms with van der Waals surface area (Å²) in [5.74, 6) is 0.655. The fourth-order valence-electron chi connectivity index (χ4n) is 4.89. The topological polar surface area (TPSA) is 77.5 Å². The van der Waals surface area contributed by atoms with Crippen molar-refractivity contribution >= 4 is 22.8 Å². The monoisotopic (exact) mass is 434 g/mol. The molecule has 8 heteroatoms. The number of hydrogen-bond donors (Lipinski definition) is 1. The van der Waals surface area contributed by atoms with Crippen molar-refractivity contribution in [3.63, 3.8) is 0 Å². The molecule has 2 aliphatic rings. The molecule has 0 atom stereocenters. The highest BCUT2D eigenvalue weighted by atomic mass is 16.2. The zero-order valence-corrected chi connectivity index (χ0v) is 18.3. The van der Waals surface area contributed by atoms with Gasteiger partial charge in [-0.05, 0) is 56.1 Å². The Labute approximate surface area is 187 Å². The maximum absolute atomic E-state index is 12.8. The molecule has 2 saturated heterocycles. The zero-order chi connectivity index (χ0) is 21.9. The second-order valence-corrected chi connectivity index (χ2v) is 8.84. The van der Waals surface area contributed by atoms with Gasteiger partial charge in [0.2, 0.25) is 5.91 Å². The second kappa shape index (κ2) is 9.16. The lowest BCUT2D eigenvalue weighted by Crippen LogP contribution is -2.52. The lowest BCUT2D eigenvalue weighted by Gasteiger charge is -2.38. The Morgan fingerprint density at radius 2 is 1.72 bits per heavy atom. The first-order valence-corrected chi connectivity index (χ1v) is 11.5. The van der Waals surface area contributed by atoms with Crippen molar-refractivity contribution in [3.8, 4) is 0 Å². The molecule has 3 aromatic rings. The Hall–Kier alpha value is -3.13. The van der Waals surface area contributed by atoms with Crippen LogP contribution in [0.3, 0.4) is 0 Å². The lowest BCUT2D eigenvalue weighted by molar-refractivity contribution is -0.133. The minimum Gasteiger partial charge on any atom is -0.368 e. The first-order valence-electron chi connectivity index (χ1n) is 11.5. The van der Waals surface area contributed by atoms with Gasteiger partial charge in [-0.15, -0.1) is 0 Å². The summed E-state index contributed by atoms with van der Waals surface area (Å²) in [6.45, 7) is 6.28. The summed E-state index contributed by atoms with van der Waals surface area (Å²) in [4.78, 5) is 39.0. The van der Waals surface area contributed by atoms with E-state index in [0.717, 1.165) is 63.3 Å². The van der Waals surface area contributed by atoms with Gasteiger partial charge in [-0.25, -0.2) is 9.78 Å². The van der Waals surface area contributed by atoms with Crippen LogP contribution in [0.4, 0.5) is 5.69 Å². The van der Waals surface area contributed by atoms with E-state index in [4.69, 9.17) is 0 Å². The van der Waals surface area contributed by atoms with Crippen molar-refractivity contribution in [2.75, 3.05) is 50.7 Å². The average molecular weight is 435 g/mol. The quantitative estimate of drug-likeness (QED) is 0.663. The standard InChI is InChI=1S/C24H30N6O2/c31-22(29-15-13-28(14-16-29)20-5-2-1-3-6-20)18-27-11-8-19(9-12-27)17-30-23-21(26-24(30)32)7-4-10-25-23/h1-7,10,19H,8-9,11-18H2,(H,26,32). The molecular weight excluding hydrogens is 404 g/mol. The number of nitrogens with zero attached hydrogens (tertiary/aromatic N) is 5. The van der Waals surface area contributed by atoms with Crippen molar-refractivity contribution in [1.82, 2.24) is 24.3 Å². The number of carbonyl (C=O) groups excluding carboxylic acids is 1. The number of aromatic nitrogens is 3. The molecule has 1 N–H and O–H groups in total. The maximum Gasteiger partial charge on any atom is 0.327 e. The van der Waals surface area contributed by atoms with Gasteiger partial charge in [0.25, 0.3) is 0 Å². The summed E-state index contributed by atoms with van der Waals surface area (Å²) in [6.07, 6.45) is 3.70. The first kappa shape index (κ1) is 20.8. The van der Waals surface area contributed by atoms with E-state index in [1.54, 1.807) is 10.8 Å². The fraction of sp³-hybridized carbons (Fsp3) is 0.458. The third-order valence-corrected chi connectivity index (χ3v) is 6.79. The highest BCUT2D eigenvalue weighted by Crippen LogP contribution is 2.21. The lowest BCUT2D eigenvalue weighted by atomic mass is 9.96. The number of benzene rings is 1. The van der Waals surface area contributed by atoms with Gasteiger partial charge in [-0.2, -0.15) is 0 Å². The number of carbonyl (C=O) groups is 1. The Kier molecular flexibility index (Phi) is 5.94. The number of likely N-dealkylation sites (tertiary alicyclic amines) is 1. The van der Waals surface area contributed by atoms with Crippen LogP contribution in [0.1, 0.15) is 12.8 Å². The molecule has 0 unspecified atom stereocenters. The Morgan fingerprint density at radius 3 is 2.47 bits per heavy atom. The fourth-order valence-corrected chi connectivity index (χ4v) is 4.89. The number of imidazole rings is 1. The minimum atomic E-state index is -0.0917. The van der Waals surface area contributed by atoms with E-state index in [2.05, 4.69) is 44.0 Å². The number of amides is 1. The van der Waals surface area contributed by atoms with Crippen molar-refractivity contribution in [2.24, 2.45) is 5.92 Å². The smallest absolute Gasteiger partial charge is 0.327 e. The molecule has 1 aromatic carbocycles. The first-order chi connectivity index (χ1) is 15.7. The number of H-pyrrole nitrogens is 1. The number of pyridine rings is 1. The van der Waals surface area contributed by atoms with Gasteiger partial charge in [0, 0.05) is 44.6 Å². The molecule has 4 heterocycles. The van der Waals surface area contributed by atoms with E-state index in [0.29, 0.717) is 19.0 Å². The SMILES string of the molecule is O=C(CN1CCC(Cn2c(=O)[nH]c3cccnc32)CC1)N1CCN(c2ccccc2)CC1. The number of piperazine rings is 1. The molecule has 2 aromatic heterocycles. The van der Waals surface area contributed by atoms with Crippen LogP contribution < -0.4 is 10.6 Å². The van der Waals surface area contributed by atoms with Gasteiger partial charge in [0.15, 0.2) is 5.65 Å². The Morgan fingerprint density at radius 1 is 0.969 bits per heavy atom. The minimum absolute atomic E-state index is 0.0917. The predicted octanol–water partition coefficient (Wildman–Crippen LogP) is 1.79. The molecule has 0 aliphatic carbocycles. The summed E-state index contributed by atoms with van der Waals surface area (Å²) >= 11 is 0. The van der Waals surface area contributed by atoms with Crippen LogP contribution in [0.5, 0.6) is 0 Å². The van der Waals surface area contributed by atoms with E-state index >= 15 is 0 Å². The van der Waals surface area contributed by atoms with Gasteiger partial charge in [-0.3, -0.25) is 14.3 Å². The zero-order valence-electron chi connectivity index (χ0n) is 18.3. The highest BCUT2D eigenvalue weighted by molar-refractivity contribution is 5.78. The third kappa shape index (κ3) is 4.41. The molecule has 0 radical (unpaired) electrons. The largest absolute Gasteiger partial charge is 0.368 e. The van der Waals surface area contributed by atoms with Crippen LogP contribution in [0.15, 0.2) is 53.5 Å². The van der Waals surface area contributed by atoms with Crippen molar-refractivity contribution in [1.29, 1.82) is 0 Å². The van der Waals surface area contributed by atoms with Gasteiger partial charge in [0.1, 0.15) is 0 Å². The highest BCUT2D eigenvalue weighted by Gasteiger charge is 2.26. The third-order valence-electron chi connectivity index (χ3n) is 6.79. The van der Waals surface area contributed by atoms with Gasteiger partial charge in [0.05, 0.1) is 12.1 Å². The van der Waals surface area contributed by atoms with Crippen LogP contribution in [-0.2, 0) is 11.3 Å². The number of hydrogen-bond acceptors (Lipinski definition) is 5. The van der Waals surface area contributed by atoms with Crippen LogP contribution >= 0.6 is 0 Å². The van der Waals surface area contributed by atoms with Gasteiger partial charge < -0.3 is 14.8 Å². The summed E-state index contributed by atoms with van der Waals surface area (Å²) in [7, 11) is 0. The molecule has 0 saturated carbocycles. The summed E-state index contributed by atoms with van der Waals surface area (Å²) in [5.41, 5.74) is 2.65. The molecule has 2 aliphatic heterocycles. The molecule has 5 rings (SSSR count).